The van der Waals surface area contributed by atoms with Crippen molar-refractivity contribution in [3.63, 3.8) is 0 Å². The molecule has 1 aliphatic rings. The van der Waals surface area contributed by atoms with Gasteiger partial charge in [0.2, 0.25) is 0 Å². The summed E-state index contributed by atoms with van der Waals surface area (Å²) in [7, 11) is 0. The van der Waals surface area contributed by atoms with E-state index in [4.69, 9.17) is 4.98 Å². The third kappa shape index (κ3) is 4.43. The Bertz CT molecular complexity index is 1250. The Morgan fingerprint density at radius 3 is 2.06 bits per heavy atom. The van der Waals surface area contributed by atoms with E-state index < -0.39 is 0 Å². The van der Waals surface area contributed by atoms with Crippen molar-refractivity contribution in [3.05, 3.63) is 98.7 Å². The molecule has 7 heteroatoms. The van der Waals surface area contributed by atoms with E-state index in [1.807, 2.05) is 37.3 Å². The molecule has 34 heavy (non-hydrogen) atoms. The normalized spacial score (nSPS) is 14.1. The highest BCUT2D eigenvalue weighted by atomic mass is 16.2. The van der Waals surface area contributed by atoms with Crippen LogP contribution in [0, 0.1) is 19.8 Å². The van der Waals surface area contributed by atoms with Crippen LogP contribution in [0.5, 0.6) is 0 Å². The number of imide groups is 1. The quantitative estimate of drug-likeness (QED) is 0.523. The molecule has 7 nitrogen and oxygen atoms in total. The second-order valence-corrected chi connectivity index (χ2v) is 9.04. The second kappa shape index (κ2) is 9.73. The van der Waals surface area contributed by atoms with Gasteiger partial charge in [-0.1, -0.05) is 56.3 Å². The molecule has 3 aromatic rings. The fourth-order valence-corrected chi connectivity index (χ4v) is 4.33. The molecule has 0 spiro atoms. The van der Waals surface area contributed by atoms with Crippen molar-refractivity contribution in [2.24, 2.45) is 5.92 Å². The molecule has 1 atom stereocenters. The largest absolute Gasteiger partial charge is 0.305 e. The second-order valence-electron chi connectivity index (χ2n) is 9.04. The van der Waals surface area contributed by atoms with Crippen molar-refractivity contribution < 1.29 is 9.59 Å². The number of amides is 2. The first kappa shape index (κ1) is 23.6. The van der Waals surface area contributed by atoms with Crippen molar-refractivity contribution in [2.75, 3.05) is 13.1 Å². The van der Waals surface area contributed by atoms with Gasteiger partial charge in [0.1, 0.15) is 5.82 Å². The van der Waals surface area contributed by atoms with Crippen LogP contribution in [0.15, 0.2) is 59.4 Å². The summed E-state index contributed by atoms with van der Waals surface area (Å²) < 4.78 is 1.73. The highest BCUT2D eigenvalue weighted by molar-refractivity contribution is 6.21. The molecule has 1 aromatic heterocycles. The average Bonchev–Trinajstić information content (AvgIpc) is 3.07. The predicted molar refractivity (Wildman–Crippen MR) is 131 cm³/mol. The predicted octanol–water partition coefficient (Wildman–Crippen LogP) is 3.49. The zero-order valence-electron chi connectivity index (χ0n) is 20.0. The first-order valence-electron chi connectivity index (χ1n) is 11.6. The number of rotatable bonds is 8. The Kier molecular flexibility index (Phi) is 6.75. The fraction of sp³-hybridized carbons (Fsp3) is 0.333. The van der Waals surface area contributed by atoms with Crippen LogP contribution < -0.4 is 10.9 Å². The smallest absolute Gasteiger partial charge is 0.261 e. The molecule has 1 aliphatic heterocycles. The van der Waals surface area contributed by atoms with Crippen molar-refractivity contribution in [3.8, 4) is 0 Å². The van der Waals surface area contributed by atoms with Crippen molar-refractivity contribution in [2.45, 2.75) is 40.3 Å². The molecular formula is C27H30N4O3. The van der Waals surface area contributed by atoms with Gasteiger partial charge in [-0.2, -0.15) is 0 Å². The highest BCUT2D eigenvalue weighted by Gasteiger charge is 2.35. The SMILES string of the molecule is Cc1nc(C(NCCN2C(=O)c3ccccc3C2=O)C(C)C)n(Cc2ccccc2)c(=O)c1C. The maximum absolute atomic E-state index is 13.2. The van der Waals surface area contributed by atoms with E-state index in [2.05, 4.69) is 19.2 Å². The van der Waals surface area contributed by atoms with Crippen LogP contribution in [0.1, 0.15) is 63.3 Å². The number of nitrogens with zero attached hydrogens (tertiary/aromatic N) is 3. The summed E-state index contributed by atoms with van der Waals surface area (Å²) in [6.45, 7) is 8.83. The van der Waals surface area contributed by atoms with Gasteiger partial charge in [0.15, 0.2) is 0 Å². The maximum Gasteiger partial charge on any atom is 0.261 e. The van der Waals surface area contributed by atoms with E-state index >= 15 is 0 Å². The number of carbonyl (C=O) groups excluding carboxylic acids is 2. The summed E-state index contributed by atoms with van der Waals surface area (Å²) in [4.78, 5) is 44.7. The third-order valence-corrected chi connectivity index (χ3v) is 6.37. The average molecular weight is 459 g/mol. The minimum absolute atomic E-state index is 0.0563. The lowest BCUT2D eigenvalue weighted by Crippen LogP contribution is -2.41. The minimum atomic E-state index is -0.270. The Morgan fingerprint density at radius 1 is 0.882 bits per heavy atom. The van der Waals surface area contributed by atoms with Crippen LogP contribution >= 0.6 is 0 Å². The maximum atomic E-state index is 13.2. The van der Waals surface area contributed by atoms with Gasteiger partial charge in [0.25, 0.3) is 17.4 Å². The third-order valence-electron chi connectivity index (χ3n) is 6.37. The van der Waals surface area contributed by atoms with E-state index in [1.165, 1.54) is 4.90 Å². The number of aryl methyl sites for hydroxylation is 1. The van der Waals surface area contributed by atoms with E-state index in [-0.39, 0.29) is 35.9 Å². The number of hydrogen-bond donors (Lipinski definition) is 1. The number of fused-ring (bicyclic) bond motifs is 1. The Labute approximate surface area is 199 Å². The van der Waals surface area contributed by atoms with Crippen LogP contribution in [0.2, 0.25) is 0 Å². The highest BCUT2D eigenvalue weighted by Crippen LogP contribution is 2.23. The van der Waals surface area contributed by atoms with Crippen molar-refractivity contribution in [1.82, 2.24) is 19.8 Å². The van der Waals surface area contributed by atoms with Crippen LogP contribution in [0.3, 0.4) is 0 Å². The molecular weight excluding hydrogens is 428 g/mol. The minimum Gasteiger partial charge on any atom is -0.305 e. The monoisotopic (exact) mass is 458 g/mol. The number of carbonyl (C=O) groups is 2. The summed E-state index contributed by atoms with van der Waals surface area (Å²) in [6.07, 6.45) is 0. The summed E-state index contributed by atoms with van der Waals surface area (Å²) in [5, 5.41) is 3.46. The molecule has 1 N–H and O–H groups in total. The molecule has 0 bridgehead atoms. The standard InChI is InChI=1S/C27H30N4O3/c1-17(2)23(28-14-15-30-26(33)21-12-8-9-13-22(21)27(30)34)24-29-19(4)18(3)25(32)31(24)16-20-10-6-5-7-11-20/h5-13,17,23,28H,14-16H2,1-4H3. The molecule has 0 saturated carbocycles. The Hall–Kier alpha value is -3.58. The van der Waals surface area contributed by atoms with Gasteiger partial charge in [0.05, 0.1) is 23.7 Å². The van der Waals surface area contributed by atoms with E-state index in [0.29, 0.717) is 41.3 Å². The van der Waals surface area contributed by atoms with Gasteiger partial charge < -0.3 is 5.32 Å². The van der Waals surface area contributed by atoms with E-state index in [0.717, 1.165) is 5.56 Å². The molecule has 0 saturated heterocycles. The zero-order valence-corrected chi connectivity index (χ0v) is 20.0. The topological polar surface area (TPSA) is 84.3 Å². The number of benzene rings is 2. The van der Waals surface area contributed by atoms with Crippen LogP contribution in [-0.4, -0.2) is 39.4 Å². The lowest BCUT2D eigenvalue weighted by atomic mass is 10.0. The zero-order chi connectivity index (χ0) is 24.4. The first-order chi connectivity index (χ1) is 16.3. The summed E-state index contributed by atoms with van der Waals surface area (Å²) in [5.74, 6) is 0.245. The molecule has 0 aliphatic carbocycles. The molecule has 0 radical (unpaired) electrons. The molecule has 4 rings (SSSR count). The van der Waals surface area contributed by atoms with Gasteiger partial charge in [-0.15, -0.1) is 0 Å². The summed E-state index contributed by atoms with van der Waals surface area (Å²) >= 11 is 0. The molecule has 0 fully saturated rings. The van der Waals surface area contributed by atoms with Crippen LogP contribution in [-0.2, 0) is 6.54 Å². The first-order valence-corrected chi connectivity index (χ1v) is 11.6. The molecule has 2 aromatic carbocycles. The van der Waals surface area contributed by atoms with Gasteiger partial charge in [-0.3, -0.25) is 23.9 Å². The molecule has 1 unspecified atom stereocenters. The summed E-state index contributed by atoms with van der Waals surface area (Å²) in [5.41, 5.74) is 3.19. The van der Waals surface area contributed by atoms with Crippen molar-refractivity contribution in [1.29, 1.82) is 0 Å². The van der Waals surface area contributed by atoms with Gasteiger partial charge >= 0.3 is 0 Å². The Balaban J connectivity index is 1.58. The number of aromatic nitrogens is 2. The molecule has 2 amide bonds. The lowest BCUT2D eigenvalue weighted by molar-refractivity contribution is 0.0653. The van der Waals surface area contributed by atoms with Crippen molar-refractivity contribution >= 4 is 11.8 Å². The van der Waals surface area contributed by atoms with Gasteiger partial charge in [-0.25, -0.2) is 4.98 Å². The lowest BCUT2D eigenvalue weighted by Gasteiger charge is -2.27. The molecule has 2 heterocycles. The Morgan fingerprint density at radius 2 is 1.47 bits per heavy atom. The van der Waals surface area contributed by atoms with E-state index in [1.54, 1.807) is 35.8 Å². The van der Waals surface area contributed by atoms with Crippen LogP contribution in [0.4, 0.5) is 0 Å². The molecule has 176 valence electrons. The fourth-order valence-electron chi connectivity index (χ4n) is 4.33. The van der Waals surface area contributed by atoms with Crippen LogP contribution in [0.25, 0.3) is 0 Å². The van der Waals surface area contributed by atoms with Gasteiger partial charge in [0, 0.05) is 24.3 Å². The number of nitrogens with one attached hydrogen (secondary N) is 1. The van der Waals surface area contributed by atoms with E-state index in [9.17, 15) is 14.4 Å². The summed E-state index contributed by atoms with van der Waals surface area (Å²) in [6, 6.07) is 16.5. The number of hydrogen-bond acceptors (Lipinski definition) is 5. The van der Waals surface area contributed by atoms with Gasteiger partial charge in [-0.05, 0) is 37.5 Å².